The Hall–Kier alpha value is -2.09. The van der Waals surface area contributed by atoms with Crippen LogP contribution in [-0.4, -0.2) is 45.5 Å². The monoisotopic (exact) mass is 349 g/mol. The number of thioether (sulfide) groups is 1. The lowest BCUT2D eigenvalue weighted by Gasteiger charge is -2.08. The van der Waals surface area contributed by atoms with E-state index in [4.69, 9.17) is 4.74 Å². The number of benzene rings is 1. The van der Waals surface area contributed by atoms with Gasteiger partial charge in [0, 0.05) is 6.54 Å². The largest absolute Gasteiger partial charge is 0.497 e. The molecule has 0 unspecified atom stereocenters. The van der Waals surface area contributed by atoms with Crippen LogP contribution in [0.2, 0.25) is 0 Å². The number of hydrogen-bond acceptors (Lipinski definition) is 6. The first-order valence-corrected chi connectivity index (χ1v) is 8.99. The van der Waals surface area contributed by atoms with E-state index in [0.717, 1.165) is 18.0 Å². The zero-order chi connectivity index (χ0) is 17.4. The quantitative estimate of drug-likeness (QED) is 0.744. The number of nitrogens with zero attached hydrogens (tertiary/aromatic N) is 4. The Morgan fingerprint density at radius 3 is 2.75 bits per heavy atom. The molecule has 1 aromatic carbocycles. The van der Waals surface area contributed by atoms with E-state index in [-0.39, 0.29) is 11.9 Å². The predicted octanol–water partition coefficient (Wildman–Crippen LogP) is 1.85. The molecule has 2 aromatic rings. The van der Waals surface area contributed by atoms with Gasteiger partial charge in [-0.3, -0.25) is 4.79 Å². The third-order valence-electron chi connectivity index (χ3n) is 3.41. The van der Waals surface area contributed by atoms with E-state index in [0.29, 0.717) is 18.1 Å². The Morgan fingerprint density at radius 2 is 2.08 bits per heavy atom. The normalized spacial score (nSPS) is 10.8. The molecule has 0 radical (unpaired) electrons. The van der Waals surface area contributed by atoms with Gasteiger partial charge >= 0.3 is 0 Å². The number of amides is 1. The molecule has 0 aliphatic rings. The summed E-state index contributed by atoms with van der Waals surface area (Å²) in [5.74, 6) is 2.67. The number of carbonyl (C=O) groups excluding carboxylic acids is 1. The summed E-state index contributed by atoms with van der Waals surface area (Å²) in [5, 5.41) is 14.5. The molecule has 1 aromatic heterocycles. The number of aromatic nitrogens is 4. The summed E-state index contributed by atoms with van der Waals surface area (Å²) in [6, 6.07) is 8.07. The fraction of sp³-hybridized carbons (Fsp3) is 0.500. The lowest BCUT2D eigenvalue weighted by Crippen LogP contribution is -2.27. The zero-order valence-corrected chi connectivity index (χ0v) is 15.0. The summed E-state index contributed by atoms with van der Waals surface area (Å²) in [6.45, 7) is 4.67. The van der Waals surface area contributed by atoms with Gasteiger partial charge in [-0.15, -0.1) is 16.9 Å². The van der Waals surface area contributed by atoms with Crippen molar-refractivity contribution >= 4 is 17.7 Å². The summed E-state index contributed by atoms with van der Waals surface area (Å²) in [4.78, 5) is 11.9. The van der Waals surface area contributed by atoms with Crippen LogP contribution in [0.5, 0.6) is 5.75 Å². The van der Waals surface area contributed by atoms with Crippen molar-refractivity contribution in [3.8, 4) is 5.75 Å². The lowest BCUT2D eigenvalue weighted by atomic mass is 10.1. The molecule has 0 aliphatic heterocycles. The van der Waals surface area contributed by atoms with Crippen LogP contribution >= 0.6 is 11.8 Å². The van der Waals surface area contributed by atoms with Crippen LogP contribution in [0, 0.1) is 0 Å². The SMILES string of the molecule is COc1ccc(CCNC(=O)CSCc2nnnn2C(C)C)cc1. The number of nitrogens with one attached hydrogen (secondary N) is 1. The maximum Gasteiger partial charge on any atom is 0.230 e. The summed E-state index contributed by atoms with van der Waals surface area (Å²) in [5.41, 5.74) is 1.17. The molecule has 2 rings (SSSR count). The van der Waals surface area contributed by atoms with E-state index < -0.39 is 0 Å². The molecular weight excluding hydrogens is 326 g/mol. The highest BCUT2D eigenvalue weighted by atomic mass is 32.2. The molecule has 24 heavy (non-hydrogen) atoms. The Bertz CT molecular complexity index is 642. The highest BCUT2D eigenvalue weighted by Gasteiger charge is 2.10. The van der Waals surface area contributed by atoms with Gasteiger partial charge in [-0.2, -0.15) is 0 Å². The topological polar surface area (TPSA) is 81.9 Å². The number of ether oxygens (including phenoxy) is 1. The molecule has 1 N–H and O–H groups in total. The number of hydrogen-bond donors (Lipinski definition) is 1. The van der Waals surface area contributed by atoms with Crippen molar-refractivity contribution in [2.24, 2.45) is 0 Å². The first kappa shape index (κ1) is 18.3. The molecule has 0 atom stereocenters. The number of carbonyl (C=O) groups is 1. The second-order valence-electron chi connectivity index (χ2n) is 5.57. The molecule has 1 amide bonds. The first-order chi connectivity index (χ1) is 11.6. The van der Waals surface area contributed by atoms with Gasteiger partial charge < -0.3 is 10.1 Å². The minimum atomic E-state index is 0.0251. The number of tetrazole rings is 1. The molecule has 7 nitrogen and oxygen atoms in total. The molecular formula is C16H23N5O2S. The Labute approximate surface area is 146 Å². The molecule has 8 heteroatoms. The Morgan fingerprint density at radius 1 is 1.33 bits per heavy atom. The first-order valence-electron chi connectivity index (χ1n) is 7.84. The highest BCUT2D eigenvalue weighted by Crippen LogP contribution is 2.13. The minimum absolute atomic E-state index is 0.0251. The van der Waals surface area contributed by atoms with Crippen LogP contribution in [0.15, 0.2) is 24.3 Å². The van der Waals surface area contributed by atoms with Gasteiger partial charge in [0.1, 0.15) is 5.75 Å². The third kappa shape index (κ3) is 5.52. The van der Waals surface area contributed by atoms with Crippen LogP contribution in [0.25, 0.3) is 0 Å². The van der Waals surface area contributed by atoms with Gasteiger partial charge in [0.2, 0.25) is 5.91 Å². The maximum absolute atomic E-state index is 11.9. The van der Waals surface area contributed by atoms with Gasteiger partial charge in [0.05, 0.1) is 24.7 Å². The third-order valence-corrected chi connectivity index (χ3v) is 4.34. The molecule has 0 spiro atoms. The van der Waals surface area contributed by atoms with E-state index >= 15 is 0 Å². The smallest absolute Gasteiger partial charge is 0.230 e. The van der Waals surface area contributed by atoms with Crippen molar-refractivity contribution in [3.63, 3.8) is 0 Å². The zero-order valence-electron chi connectivity index (χ0n) is 14.2. The van der Waals surface area contributed by atoms with Crippen molar-refractivity contribution in [2.75, 3.05) is 19.4 Å². The molecule has 0 saturated heterocycles. The number of methoxy groups -OCH3 is 1. The van der Waals surface area contributed by atoms with Crippen molar-refractivity contribution in [2.45, 2.75) is 32.1 Å². The van der Waals surface area contributed by atoms with E-state index in [1.807, 2.05) is 38.1 Å². The fourth-order valence-electron chi connectivity index (χ4n) is 2.13. The maximum atomic E-state index is 11.9. The van der Waals surface area contributed by atoms with Crippen molar-refractivity contribution in [1.82, 2.24) is 25.5 Å². The summed E-state index contributed by atoms with van der Waals surface area (Å²) in [7, 11) is 1.65. The average Bonchev–Trinajstić information content (AvgIpc) is 3.04. The average molecular weight is 349 g/mol. The van der Waals surface area contributed by atoms with Crippen molar-refractivity contribution < 1.29 is 9.53 Å². The standard InChI is InChI=1S/C16H23N5O2S/c1-12(2)21-15(18-19-20-21)10-24-11-16(22)17-9-8-13-4-6-14(23-3)7-5-13/h4-7,12H,8-11H2,1-3H3,(H,17,22). The van der Waals surface area contributed by atoms with Crippen molar-refractivity contribution in [1.29, 1.82) is 0 Å². The van der Waals surface area contributed by atoms with E-state index in [9.17, 15) is 4.79 Å². The Kier molecular flexibility index (Phi) is 7.05. The Balaban J connectivity index is 1.65. The second kappa shape index (κ2) is 9.27. The molecule has 130 valence electrons. The summed E-state index contributed by atoms with van der Waals surface area (Å²) >= 11 is 1.51. The molecule has 0 fully saturated rings. The van der Waals surface area contributed by atoms with Crippen LogP contribution in [0.1, 0.15) is 31.3 Å². The highest BCUT2D eigenvalue weighted by molar-refractivity contribution is 7.99. The summed E-state index contributed by atoms with van der Waals surface area (Å²) in [6.07, 6.45) is 0.798. The lowest BCUT2D eigenvalue weighted by molar-refractivity contribution is -0.118. The second-order valence-corrected chi connectivity index (χ2v) is 6.56. The molecule has 1 heterocycles. The summed E-state index contributed by atoms with van der Waals surface area (Å²) < 4.78 is 6.89. The van der Waals surface area contributed by atoms with Gasteiger partial charge in [-0.25, -0.2) is 4.68 Å². The van der Waals surface area contributed by atoms with E-state index in [1.165, 1.54) is 17.3 Å². The van der Waals surface area contributed by atoms with Crippen LogP contribution in [-0.2, 0) is 17.0 Å². The molecule has 0 bridgehead atoms. The van der Waals surface area contributed by atoms with E-state index in [1.54, 1.807) is 11.8 Å². The van der Waals surface area contributed by atoms with Gasteiger partial charge in [-0.1, -0.05) is 12.1 Å². The van der Waals surface area contributed by atoms with Crippen molar-refractivity contribution in [3.05, 3.63) is 35.7 Å². The van der Waals surface area contributed by atoms with E-state index in [2.05, 4.69) is 20.8 Å². The van der Waals surface area contributed by atoms with Crippen LogP contribution < -0.4 is 10.1 Å². The minimum Gasteiger partial charge on any atom is -0.497 e. The fourth-order valence-corrected chi connectivity index (χ4v) is 2.90. The predicted molar refractivity (Wildman–Crippen MR) is 94.1 cm³/mol. The van der Waals surface area contributed by atoms with Gasteiger partial charge in [0.25, 0.3) is 0 Å². The molecule has 0 aliphatic carbocycles. The van der Waals surface area contributed by atoms with Crippen LogP contribution in [0.3, 0.4) is 0 Å². The number of rotatable bonds is 9. The molecule has 0 saturated carbocycles. The van der Waals surface area contributed by atoms with Gasteiger partial charge in [0.15, 0.2) is 5.82 Å². The van der Waals surface area contributed by atoms with Gasteiger partial charge in [-0.05, 0) is 48.4 Å². The van der Waals surface area contributed by atoms with Crippen LogP contribution in [0.4, 0.5) is 0 Å².